The second-order valence-electron chi connectivity index (χ2n) is 4.51. The normalized spacial score (nSPS) is 16.2. The van der Waals surface area contributed by atoms with Crippen LogP contribution in [0.25, 0.3) is 0 Å². The predicted molar refractivity (Wildman–Crippen MR) is 57.0 cm³/mol. The zero-order valence-corrected chi connectivity index (χ0v) is 8.83. The lowest BCUT2D eigenvalue weighted by Crippen LogP contribution is -2.04. The third kappa shape index (κ3) is 2.22. The molecular formula is C11H17N3. The summed E-state index contributed by atoms with van der Waals surface area (Å²) in [5.41, 5.74) is 6.84. The lowest BCUT2D eigenvalue weighted by atomic mass is 10.1. The topological polar surface area (TPSA) is 51.8 Å². The van der Waals surface area contributed by atoms with Crippen LogP contribution < -0.4 is 5.73 Å². The van der Waals surface area contributed by atoms with E-state index in [-0.39, 0.29) is 0 Å². The molecule has 1 heterocycles. The molecule has 1 saturated carbocycles. The molecule has 1 aromatic rings. The highest BCUT2D eigenvalue weighted by molar-refractivity contribution is 5.31. The summed E-state index contributed by atoms with van der Waals surface area (Å²) < 4.78 is 0. The van der Waals surface area contributed by atoms with Crippen molar-refractivity contribution in [3.8, 4) is 0 Å². The highest BCUT2D eigenvalue weighted by Gasteiger charge is 2.27. The molecule has 76 valence electrons. The van der Waals surface area contributed by atoms with Crippen molar-refractivity contribution in [2.45, 2.75) is 39.0 Å². The fourth-order valence-electron chi connectivity index (χ4n) is 1.59. The van der Waals surface area contributed by atoms with E-state index in [1.165, 1.54) is 12.8 Å². The molecule has 1 aliphatic rings. The smallest absolute Gasteiger partial charge is 0.134 e. The molecule has 1 aliphatic carbocycles. The van der Waals surface area contributed by atoms with Crippen molar-refractivity contribution in [2.75, 3.05) is 5.73 Å². The van der Waals surface area contributed by atoms with Gasteiger partial charge in [-0.3, -0.25) is 0 Å². The number of hydrogen-bond acceptors (Lipinski definition) is 3. The Kier molecular flexibility index (Phi) is 2.40. The minimum absolute atomic E-state index is 0.587. The Hall–Kier alpha value is -1.12. The average molecular weight is 191 g/mol. The van der Waals surface area contributed by atoms with Crippen LogP contribution in [-0.4, -0.2) is 9.97 Å². The van der Waals surface area contributed by atoms with Gasteiger partial charge in [-0.25, -0.2) is 9.97 Å². The van der Waals surface area contributed by atoms with E-state index in [1.807, 2.05) is 6.07 Å². The highest BCUT2D eigenvalue weighted by Crippen LogP contribution is 2.38. The lowest BCUT2D eigenvalue weighted by molar-refractivity contribution is 0.630. The summed E-state index contributed by atoms with van der Waals surface area (Å²) in [5.74, 6) is 2.79. The molecule has 0 spiro atoms. The number of nitrogens with two attached hydrogens (primary N) is 1. The molecule has 0 unspecified atom stereocenters. The minimum atomic E-state index is 0.587. The first-order valence-electron chi connectivity index (χ1n) is 5.28. The van der Waals surface area contributed by atoms with Crippen LogP contribution in [0.15, 0.2) is 6.07 Å². The summed E-state index contributed by atoms with van der Waals surface area (Å²) in [6.45, 7) is 4.38. The Morgan fingerprint density at radius 3 is 2.71 bits per heavy atom. The summed E-state index contributed by atoms with van der Waals surface area (Å²) >= 11 is 0. The van der Waals surface area contributed by atoms with Gasteiger partial charge in [0.05, 0.1) is 0 Å². The SMILES string of the molecule is CC(C)Cc1cc(N)nc(C2CC2)n1. The van der Waals surface area contributed by atoms with E-state index in [0.717, 1.165) is 17.9 Å². The van der Waals surface area contributed by atoms with Crippen LogP contribution in [0.2, 0.25) is 0 Å². The predicted octanol–water partition coefficient (Wildman–Crippen LogP) is 2.13. The van der Waals surface area contributed by atoms with Gasteiger partial charge in [-0.15, -0.1) is 0 Å². The summed E-state index contributed by atoms with van der Waals surface area (Å²) in [7, 11) is 0. The first-order valence-corrected chi connectivity index (χ1v) is 5.28. The molecule has 0 saturated heterocycles. The van der Waals surface area contributed by atoms with E-state index in [0.29, 0.717) is 17.7 Å². The van der Waals surface area contributed by atoms with E-state index >= 15 is 0 Å². The molecule has 1 fully saturated rings. The highest BCUT2D eigenvalue weighted by atomic mass is 15.0. The van der Waals surface area contributed by atoms with Crippen LogP contribution >= 0.6 is 0 Å². The number of rotatable bonds is 3. The molecule has 3 nitrogen and oxygen atoms in total. The van der Waals surface area contributed by atoms with E-state index in [2.05, 4.69) is 23.8 Å². The summed E-state index contributed by atoms with van der Waals surface area (Å²) in [4.78, 5) is 8.81. The van der Waals surface area contributed by atoms with Crippen LogP contribution in [-0.2, 0) is 6.42 Å². The Bertz CT molecular complexity index is 329. The first kappa shape index (κ1) is 9.44. The van der Waals surface area contributed by atoms with Crippen molar-refractivity contribution < 1.29 is 0 Å². The number of aromatic nitrogens is 2. The van der Waals surface area contributed by atoms with Crippen LogP contribution in [0.5, 0.6) is 0 Å². The molecule has 0 amide bonds. The number of nitrogens with zero attached hydrogens (tertiary/aromatic N) is 2. The van der Waals surface area contributed by atoms with Gasteiger partial charge in [0.1, 0.15) is 11.6 Å². The van der Waals surface area contributed by atoms with Crippen molar-refractivity contribution >= 4 is 5.82 Å². The minimum Gasteiger partial charge on any atom is -0.384 e. The monoisotopic (exact) mass is 191 g/mol. The van der Waals surface area contributed by atoms with Crippen LogP contribution in [0, 0.1) is 5.92 Å². The average Bonchev–Trinajstić information content (AvgIpc) is 2.82. The Morgan fingerprint density at radius 1 is 1.43 bits per heavy atom. The zero-order valence-electron chi connectivity index (χ0n) is 8.83. The molecule has 14 heavy (non-hydrogen) atoms. The van der Waals surface area contributed by atoms with E-state index < -0.39 is 0 Å². The van der Waals surface area contributed by atoms with Crippen molar-refractivity contribution in [3.63, 3.8) is 0 Å². The third-order valence-electron chi connectivity index (χ3n) is 2.38. The summed E-state index contributed by atoms with van der Waals surface area (Å²) in [6.07, 6.45) is 3.45. The molecule has 0 aliphatic heterocycles. The second kappa shape index (κ2) is 3.56. The number of anilines is 1. The fourth-order valence-corrected chi connectivity index (χ4v) is 1.59. The van der Waals surface area contributed by atoms with Gasteiger partial charge in [0.25, 0.3) is 0 Å². The molecule has 2 N–H and O–H groups in total. The molecule has 0 radical (unpaired) electrons. The zero-order chi connectivity index (χ0) is 10.1. The molecule has 3 heteroatoms. The van der Waals surface area contributed by atoms with Crippen LogP contribution in [0.4, 0.5) is 5.82 Å². The molecular weight excluding hydrogens is 174 g/mol. The Morgan fingerprint density at radius 2 is 2.14 bits per heavy atom. The van der Waals surface area contributed by atoms with Gasteiger partial charge in [0.2, 0.25) is 0 Å². The molecule has 1 aromatic heterocycles. The Labute approximate surface area is 84.8 Å². The first-order chi connectivity index (χ1) is 6.65. The lowest BCUT2D eigenvalue weighted by Gasteiger charge is -2.06. The fraction of sp³-hybridized carbons (Fsp3) is 0.636. The van der Waals surface area contributed by atoms with E-state index in [1.54, 1.807) is 0 Å². The summed E-state index contributed by atoms with van der Waals surface area (Å²) in [5, 5.41) is 0. The third-order valence-corrected chi connectivity index (χ3v) is 2.38. The van der Waals surface area contributed by atoms with Gasteiger partial charge in [0.15, 0.2) is 0 Å². The van der Waals surface area contributed by atoms with Gasteiger partial charge < -0.3 is 5.73 Å². The molecule has 0 bridgehead atoms. The Balaban J connectivity index is 2.22. The van der Waals surface area contributed by atoms with Crippen molar-refractivity contribution in [2.24, 2.45) is 5.92 Å². The van der Waals surface area contributed by atoms with Crippen molar-refractivity contribution in [3.05, 3.63) is 17.6 Å². The van der Waals surface area contributed by atoms with Crippen molar-refractivity contribution in [1.29, 1.82) is 0 Å². The van der Waals surface area contributed by atoms with Gasteiger partial charge in [-0.1, -0.05) is 13.8 Å². The quantitative estimate of drug-likeness (QED) is 0.796. The molecule has 2 rings (SSSR count). The molecule has 0 atom stereocenters. The van der Waals surface area contributed by atoms with Crippen molar-refractivity contribution in [1.82, 2.24) is 9.97 Å². The van der Waals surface area contributed by atoms with Crippen LogP contribution in [0.1, 0.15) is 44.1 Å². The largest absolute Gasteiger partial charge is 0.384 e. The molecule has 0 aromatic carbocycles. The maximum atomic E-state index is 5.75. The summed E-state index contributed by atoms with van der Waals surface area (Å²) in [6, 6.07) is 1.89. The number of hydrogen-bond donors (Lipinski definition) is 1. The standard InChI is InChI=1S/C11H17N3/c1-7(2)5-9-6-10(12)14-11(13-9)8-3-4-8/h6-8H,3-5H2,1-2H3,(H2,12,13,14). The van der Waals surface area contributed by atoms with Gasteiger partial charge in [0, 0.05) is 17.7 Å². The number of nitrogen functional groups attached to an aromatic ring is 1. The van der Waals surface area contributed by atoms with Gasteiger partial charge in [-0.2, -0.15) is 0 Å². The van der Waals surface area contributed by atoms with Gasteiger partial charge >= 0.3 is 0 Å². The van der Waals surface area contributed by atoms with Gasteiger partial charge in [-0.05, 0) is 25.2 Å². The van der Waals surface area contributed by atoms with E-state index in [4.69, 9.17) is 5.73 Å². The maximum absolute atomic E-state index is 5.75. The second-order valence-corrected chi connectivity index (χ2v) is 4.51. The van der Waals surface area contributed by atoms with Crippen LogP contribution in [0.3, 0.4) is 0 Å². The van der Waals surface area contributed by atoms with E-state index in [9.17, 15) is 0 Å². The maximum Gasteiger partial charge on any atom is 0.134 e.